The van der Waals surface area contributed by atoms with Crippen LogP contribution in [0.4, 0.5) is 18.0 Å². The van der Waals surface area contributed by atoms with E-state index in [2.05, 4.69) is 20.9 Å². The van der Waals surface area contributed by atoms with Gasteiger partial charge >= 0.3 is 6.03 Å². The molecule has 7 rings (SSSR count). The van der Waals surface area contributed by atoms with Crippen LogP contribution in [0.2, 0.25) is 0 Å². The first-order valence-corrected chi connectivity index (χ1v) is 20.2. The second-order valence-electron chi connectivity index (χ2n) is 14.7. The highest BCUT2D eigenvalue weighted by Crippen LogP contribution is 2.38. The zero-order chi connectivity index (χ0) is 39.3. The number of aromatic nitrogens is 5. The van der Waals surface area contributed by atoms with Crippen LogP contribution in [0.1, 0.15) is 49.3 Å². The molecule has 2 aromatic carbocycles. The molecule has 3 fully saturated rings. The van der Waals surface area contributed by atoms with Crippen LogP contribution >= 0.6 is 11.6 Å². The quantitative estimate of drug-likeness (QED) is 0.145. The highest BCUT2D eigenvalue weighted by molar-refractivity contribution is 8.20. The molecule has 296 valence electrons. The third kappa shape index (κ3) is 8.97. The normalized spacial score (nSPS) is 21.4. The number of nitrogens with zero attached hydrogens (tertiary/aromatic N) is 7. The monoisotopic (exact) mass is 791 g/mol. The maximum atomic E-state index is 15.4. The van der Waals surface area contributed by atoms with E-state index in [0.29, 0.717) is 50.7 Å². The van der Waals surface area contributed by atoms with Crippen molar-refractivity contribution in [1.82, 2.24) is 45.0 Å². The predicted molar refractivity (Wildman–Crippen MR) is 205 cm³/mol. The van der Waals surface area contributed by atoms with Gasteiger partial charge in [0.05, 0.1) is 36.3 Å². The summed E-state index contributed by atoms with van der Waals surface area (Å²) in [6.45, 7) is 3.90. The maximum Gasteiger partial charge on any atom is 0.318 e. The molecule has 4 amide bonds. The van der Waals surface area contributed by atoms with E-state index in [1.807, 2.05) is 41.8 Å². The number of rotatable bonds is 14. The van der Waals surface area contributed by atoms with E-state index in [1.165, 1.54) is 16.5 Å². The molecule has 3 aliphatic heterocycles. The third-order valence-electron chi connectivity index (χ3n) is 10.7. The fraction of sp³-hybridized carbons (Fsp3) is 0.474. The van der Waals surface area contributed by atoms with Gasteiger partial charge in [0, 0.05) is 69.5 Å². The second-order valence-corrected chi connectivity index (χ2v) is 15.8. The minimum absolute atomic E-state index is 0.00693. The summed E-state index contributed by atoms with van der Waals surface area (Å²) in [6.07, 6.45) is 3.48. The van der Waals surface area contributed by atoms with Crippen molar-refractivity contribution >= 4 is 36.6 Å². The van der Waals surface area contributed by atoms with Crippen molar-refractivity contribution in [3.63, 3.8) is 0 Å². The standard InChI is InChI=1S/C38H45BF3N9O4S/c1-23(17-49-20-28(46-47-49)21-50-34(52)14-33(56-39)37(50)53)44-38(54)51(19-26-15-43-16-31(26)42)35(25-9-11-55-12-10-25)36-45-32(29-13-27(40)7-8-30(29)41)22-48(36)18-24-5-3-2-4-6-24/h2-8,13,20,22-23,25-26,31,33,35,43H,9-12,14-19,21,39H2,1H3,(H,44,54)/t23-,26-,31-,33?,35+/m0/s1. The molecule has 0 spiro atoms. The van der Waals surface area contributed by atoms with Crippen LogP contribution in [0.3, 0.4) is 0 Å². The predicted octanol–water partition coefficient (Wildman–Crippen LogP) is 3.50. The van der Waals surface area contributed by atoms with Crippen LogP contribution in [-0.4, -0.2) is 110 Å². The zero-order valence-corrected chi connectivity index (χ0v) is 32.1. The van der Waals surface area contributed by atoms with Gasteiger partial charge in [-0.15, -0.1) is 5.10 Å². The lowest BCUT2D eigenvalue weighted by atomic mass is 9.89. The van der Waals surface area contributed by atoms with Gasteiger partial charge in [-0.2, -0.15) is 0 Å². The van der Waals surface area contributed by atoms with Gasteiger partial charge in [0.25, 0.3) is 0 Å². The molecule has 0 radical (unpaired) electrons. The van der Waals surface area contributed by atoms with Crippen LogP contribution in [0.15, 0.2) is 60.9 Å². The number of imide groups is 1. The largest absolute Gasteiger partial charge is 0.381 e. The molecule has 3 saturated heterocycles. The Balaban J connectivity index is 1.20. The van der Waals surface area contributed by atoms with Crippen LogP contribution in [0.25, 0.3) is 11.3 Å². The summed E-state index contributed by atoms with van der Waals surface area (Å²) in [5.74, 6) is -1.93. The van der Waals surface area contributed by atoms with Crippen LogP contribution < -0.4 is 10.6 Å². The minimum atomic E-state index is -1.19. The van der Waals surface area contributed by atoms with Gasteiger partial charge < -0.3 is 24.8 Å². The smallest absolute Gasteiger partial charge is 0.318 e. The molecule has 1 unspecified atom stereocenters. The van der Waals surface area contributed by atoms with Crippen molar-refractivity contribution in [2.75, 3.05) is 32.8 Å². The van der Waals surface area contributed by atoms with E-state index < -0.39 is 47.1 Å². The molecule has 13 nitrogen and oxygen atoms in total. The number of carbonyl (C=O) groups is 3. The number of carbonyl (C=O) groups excluding carboxylic acids is 3. The van der Waals surface area contributed by atoms with Crippen molar-refractivity contribution in [2.24, 2.45) is 11.8 Å². The topological polar surface area (TPSA) is 140 Å². The molecule has 0 bridgehead atoms. The average Bonchev–Trinajstić information content (AvgIpc) is 3.98. The Labute approximate surface area is 328 Å². The van der Waals surface area contributed by atoms with Gasteiger partial charge in [-0.1, -0.05) is 35.5 Å². The Morgan fingerprint density at radius 1 is 1.11 bits per heavy atom. The fourth-order valence-electron chi connectivity index (χ4n) is 7.77. The highest BCUT2D eigenvalue weighted by Gasteiger charge is 2.41. The van der Waals surface area contributed by atoms with E-state index in [4.69, 9.17) is 9.72 Å². The summed E-state index contributed by atoms with van der Waals surface area (Å²) in [4.78, 5) is 47.6. The number of hydrogen-bond donors (Lipinski definition) is 2. The van der Waals surface area contributed by atoms with Crippen LogP contribution in [0.5, 0.6) is 0 Å². The lowest BCUT2D eigenvalue weighted by Crippen LogP contribution is -2.51. The molecule has 5 atom stereocenters. The Kier molecular flexibility index (Phi) is 12.5. The van der Waals surface area contributed by atoms with Crippen LogP contribution in [-0.2, 0) is 34.0 Å². The average molecular weight is 792 g/mol. The number of amides is 4. The lowest BCUT2D eigenvalue weighted by molar-refractivity contribution is -0.139. The number of ether oxygens (including phenoxy) is 1. The molecular formula is C38H45BF3N9O4S. The van der Waals surface area contributed by atoms with Gasteiger partial charge in [-0.3, -0.25) is 19.2 Å². The Morgan fingerprint density at radius 2 is 1.89 bits per heavy atom. The Hall–Kier alpha value is -4.68. The number of hydrogen-bond acceptors (Lipinski definition) is 9. The van der Waals surface area contributed by atoms with Crippen molar-refractivity contribution in [1.29, 1.82) is 0 Å². The summed E-state index contributed by atoms with van der Waals surface area (Å²) in [7, 11) is 1.79. The molecular weight excluding hydrogens is 746 g/mol. The number of likely N-dealkylation sites (tertiary alicyclic amines) is 1. The van der Waals surface area contributed by atoms with Gasteiger partial charge in [0.1, 0.15) is 29.3 Å². The number of benzene rings is 2. The number of alkyl halides is 1. The van der Waals surface area contributed by atoms with Gasteiger partial charge in [0.2, 0.25) is 11.8 Å². The Bertz CT molecular complexity index is 2020. The third-order valence-corrected chi connectivity index (χ3v) is 11.6. The maximum absolute atomic E-state index is 15.4. The zero-order valence-electron chi connectivity index (χ0n) is 31.3. The van der Waals surface area contributed by atoms with Crippen molar-refractivity contribution in [3.8, 4) is 11.3 Å². The number of nitrogens with one attached hydrogen (secondary N) is 2. The van der Waals surface area contributed by atoms with E-state index in [9.17, 15) is 18.8 Å². The molecule has 0 aliphatic carbocycles. The summed E-state index contributed by atoms with van der Waals surface area (Å²) >= 11 is 1.34. The molecule has 0 saturated carbocycles. The Morgan fingerprint density at radius 3 is 2.61 bits per heavy atom. The number of imidazole rings is 1. The lowest BCUT2D eigenvalue weighted by Gasteiger charge is -2.40. The first kappa shape index (κ1) is 39.6. The van der Waals surface area contributed by atoms with Gasteiger partial charge in [0.15, 0.2) is 7.12 Å². The van der Waals surface area contributed by atoms with E-state index in [1.54, 1.807) is 29.1 Å². The minimum Gasteiger partial charge on any atom is -0.381 e. The summed E-state index contributed by atoms with van der Waals surface area (Å²) in [5, 5.41) is 14.2. The molecule has 4 aromatic rings. The molecule has 18 heteroatoms. The summed E-state index contributed by atoms with van der Waals surface area (Å²) < 4.78 is 54.3. The first-order chi connectivity index (χ1) is 27.1. The van der Waals surface area contributed by atoms with E-state index in [-0.39, 0.29) is 61.6 Å². The second kappa shape index (κ2) is 17.6. The van der Waals surface area contributed by atoms with E-state index in [0.717, 1.165) is 23.8 Å². The summed E-state index contributed by atoms with van der Waals surface area (Å²) in [5.41, 5.74) is 1.58. The molecule has 2 N–H and O–H groups in total. The molecule has 5 heterocycles. The fourth-order valence-corrected chi connectivity index (χ4v) is 8.41. The highest BCUT2D eigenvalue weighted by atomic mass is 32.2. The van der Waals surface area contributed by atoms with Crippen molar-refractivity contribution < 1.29 is 32.3 Å². The molecule has 3 aliphatic rings. The first-order valence-electron chi connectivity index (χ1n) is 18.9. The molecule has 56 heavy (non-hydrogen) atoms. The molecule has 2 aromatic heterocycles. The SMILES string of the molecule is BSC1CC(=O)N(Cc2cn(C[C@H](C)NC(=O)N(C[C@@H]3CNC[C@@H]3F)[C@@H](c3nc(-c4cc(F)ccc4F)cn3Cc3ccccc3)C3CCOCC3)nn2)C1=O. The van der Waals surface area contributed by atoms with E-state index >= 15 is 8.78 Å². The number of urea groups is 1. The number of halogens is 3. The van der Waals surface area contributed by atoms with Gasteiger partial charge in [-0.25, -0.2) is 34.6 Å². The summed E-state index contributed by atoms with van der Waals surface area (Å²) in [6, 6.07) is 11.2. The van der Waals surface area contributed by atoms with Crippen LogP contribution in [0, 0.1) is 23.5 Å². The van der Waals surface area contributed by atoms with Crippen molar-refractivity contribution in [3.05, 3.63) is 89.6 Å². The van der Waals surface area contributed by atoms with Crippen molar-refractivity contribution in [2.45, 2.75) is 69.3 Å². The van der Waals surface area contributed by atoms with Gasteiger partial charge in [-0.05, 0) is 49.4 Å².